The molecule has 0 unspecified atom stereocenters. The average molecular weight is 399 g/mol. The molecule has 2 aromatic carbocycles. The van der Waals surface area contributed by atoms with E-state index in [1.165, 1.54) is 17.5 Å². The van der Waals surface area contributed by atoms with Crippen molar-refractivity contribution in [2.75, 3.05) is 27.4 Å². The van der Waals surface area contributed by atoms with Gasteiger partial charge in [0.15, 0.2) is 11.5 Å². The smallest absolute Gasteiger partial charge is 0.161 e. The molecule has 0 saturated carbocycles. The summed E-state index contributed by atoms with van der Waals surface area (Å²) in [5.41, 5.74) is 2.71. The van der Waals surface area contributed by atoms with Gasteiger partial charge in [0.1, 0.15) is 6.54 Å². The zero-order chi connectivity index (χ0) is 20.7. The van der Waals surface area contributed by atoms with Gasteiger partial charge >= 0.3 is 0 Å². The van der Waals surface area contributed by atoms with Crippen LogP contribution in [-0.2, 0) is 11.3 Å². The highest BCUT2D eigenvalue weighted by Gasteiger charge is 2.34. The summed E-state index contributed by atoms with van der Waals surface area (Å²) in [5.74, 6) is 2.84. The maximum Gasteiger partial charge on any atom is 0.161 e. The average Bonchev–Trinajstić information content (AvgIpc) is 2.73. The van der Waals surface area contributed by atoms with Crippen LogP contribution >= 0.6 is 0 Å². The second kappa shape index (κ2) is 10.1. The zero-order valence-corrected chi connectivity index (χ0v) is 18.3. The summed E-state index contributed by atoms with van der Waals surface area (Å²) in [6, 6.07) is 17.2. The van der Waals surface area contributed by atoms with Gasteiger partial charge in [-0.3, -0.25) is 0 Å². The summed E-state index contributed by atoms with van der Waals surface area (Å²) in [6.45, 7) is 7.37. The van der Waals surface area contributed by atoms with Gasteiger partial charge in [-0.15, -0.1) is 0 Å². The Morgan fingerprint density at radius 2 is 1.83 bits per heavy atom. The van der Waals surface area contributed by atoms with Crippen molar-refractivity contribution in [2.45, 2.75) is 51.2 Å². The van der Waals surface area contributed by atoms with Crippen LogP contribution in [0.1, 0.15) is 50.2 Å². The minimum Gasteiger partial charge on any atom is -0.493 e. The topological polar surface area (TPSA) is 44.3 Å². The summed E-state index contributed by atoms with van der Waals surface area (Å²) in [5, 5.41) is 2.40. The van der Waals surface area contributed by atoms with Gasteiger partial charge in [-0.1, -0.05) is 30.3 Å². The summed E-state index contributed by atoms with van der Waals surface area (Å²) in [7, 11) is 3.36. The van der Waals surface area contributed by atoms with Crippen LogP contribution in [0.5, 0.6) is 11.5 Å². The molecule has 0 aliphatic carbocycles. The number of rotatable bonds is 9. The fourth-order valence-electron chi connectivity index (χ4n) is 4.57. The Hall–Kier alpha value is -2.04. The van der Waals surface area contributed by atoms with Gasteiger partial charge in [-0.05, 0) is 62.3 Å². The van der Waals surface area contributed by atoms with Crippen molar-refractivity contribution in [3.05, 3.63) is 59.7 Å². The molecular weight excluding hydrogens is 362 g/mol. The number of quaternary nitrogens is 1. The first kappa shape index (κ1) is 21.7. The molecule has 1 saturated heterocycles. The molecule has 0 radical (unpaired) electrons. The van der Waals surface area contributed by atoms with Gasteiger partial charge < -0.3 is 19.5 Å². The number of hydrogen-bond acceptors (Lipinski definition) is 3. The van der Waals surface area contributed by atoms with Crippen LogP contribution in [0.4, 0.5) is 0 Å². The van der Waals surface area contributed by atoms with E-state index >= 15 is 0 Å². The lowest BCUT2D eigenvalue weighted by Gasteiger charge is -2.39. The Morgan fingerprint density at radius 1 is 1.07 bits per heavy atom. The van der Waals surface area contributed by atoms with Gasteiger partial charge in [0.25, 0.3) is 0 Å². The van der Waals surface area contributed by atoms with E-state index in [-0.39, 0.29) is 5.60 Å². The maximum absolute atomic E-state index is 5.98. The molecule has 2 atom stereocenters. The summed E-state index contributed by atoms with van der Waals surface area (Å²) in [6.07, 6.45) is 3.46. The normalized spacial score (nSPS) is 19.5. The molecule has 2 N–H and O–H groups in total. The predicted molar refractivity (Wildman–Crippen MR) is 117 cm³/mol. The summed E-state index contributed by atoms with van der Waals surface area (Å²) >= 11 is 0. The molecule has 4 heteroatoms. The van der Waals surface area contributed by atoms with E-state index in [0.717, 1.165) is 44.0 Å². The Bertz CT molecular complexity index is 760. The second-order valence-electron chi connectivity index (χ2n) is 8.64. The van der Waals surface area contributed by atoms with Gasteiger partial charge in [-0.2, -0.15) is 0 Å². The molecule has 0 amide bonds. The zero-order valence-electron chi connectivity index (χ0n) is 18.3. The van der Waals surface area contributed by atoms with E-state index in [1.807, 2.05) is 6.07 Å². The highest BCUT2D eigenvalue weighted by Crippen LogP contribution is 2.39. The first-order valence-corrected chi connectivity index (χ1v) is 10.7. The Morgan fingerprint density at radius 3 is 2.52 bits per heavy atom. The molecular formula is C25H36NO3+. The van der Waals surface area contributed by atoms with E-state index in [2.05, 4.69) is 61.6 Å². The van der Waals surface area contributed by atoms with Crippen LogP contribution in [0.3, 0.4) is 0 Å². The number of nitrogens with two attached hydrogens (primary N) is 1. The number of methoxy groups -OCH3 is 2. The van der Waals surface area contributed by atoms with Gasteiger partial charge in [0.2, 0.25) is 0 Å². The van der Waals surface area contributed by atoms with Crippen LogP contribution in [-0.4, -0.2) is 33.0 Å². The molecule has 3 rings (SSSR count). The van der Waals surface area contributed by atoms with Gasteiger partial charge in [-0.25, -0.2) is 0 Å². The van der Waals surface area contributed by atoms with Crippen molar-refractivity contribution in [3.8, 4) is 11.5 Å². The van der Waals surface area contributed by atoms with Crippen molar-refractivity contribution in [1.82, 2.24) is 0 Å². The molecule has 29 heavy (non-hydrogen) atoms. The quantitative estimate of drug-likeness (QED) is 0.646. The van der Waals surface area contributed by atoms with Crippen LogP contribution in [0.2, 0.25) is 0 Å². The van der Waals surface area contributed by atoms with Crippen molar-refractivity contribution in [1.29, 1.82) is 0 Å². The Balaban J connectivity index is 1.60. The fourth-order valence-corrected chi connectivity index (χ4v) is 4.57. The van der Waals surface area contributed by atoms with Crippen molar-refractivity contribution < 1.29 is 19.5 Å². The van der Waals surface area contributed by atoms with Crippen LogP contribution in [0.25, 0.3) is 0 Å². The molecule has 1 heterocycles. The predicted octanol–water partition coefficient (Wildman–Crippen LogP) is 4.15. The summed E-state index contributed by atoms with van der Waals surface area (Å²) < 4.78 is 16.7. The van der Waals surface area contributed by atoms with Gasteiger partial charge in [0, 0.05) is 18.6 Å². The van der Waals surface area contributed by atoms with Crippen molar-refractivity contribution in [2.24, 2.45) is 5.92 Å². The lowest BCUT2D eigenvalue weighted by Crippen LogP contribution is -2.82. The third-order valence-electron chi connectivity index (χ3n) is 6.04. The first-order valence-electron chi connectivity index (χ1n) is 10.7. The minimum absolute atomic E-state index is 0.0146. The van der Waals surface area contributed by atoms with Crippen LogP contribution in [0.15, 0.2) is 48.5 Å². The molecule has 0 bridgehead atoms. The molecule has 1 aliphatic heterocycles. The summed E-state index contributed by atoms with van der Waals surface area (Å²) in [4.78, 5) is 0. The monoisotopic (exact) mass is 398 g/mol. The van der Waals surface area contributed by atoms with E-state index < -0.39 is 0 Å². The lowest BCUT2D eigenvalue weighted by molar-refractivity contribution is -0.671. The molecule has 1 fully saturated rings. The molecule has 4 nitrogen and oxygen atoms in total. The van der Waals surface area contributed by atoms with E-state index in [4.69, 9.17) is 14.2 Å². The minimum atomic E-state index is -0.0146. The molecule has 158 valence electrons. The largest absolute Gasteiger partial charge is 0.493 e. The first-order chi connectivity index (χ1) is 14.0. The third kappa shape index (κ3) is 5.97. The van der Waals surface area contributed by atoms with Crippen LogP contribution in [0, 0.1) is 5.92 Å². The van der Waals surface area contributed by atoms with Crippen molar-refractivity contribution >= 4 is 0 Å². The Kier molecular flexibility index (Phi) is 7.57. The van der Waals surface area contributed by atoms with Crippen molar-refractivity contribution in [3.63, 3.8) is 0 Å². The second-order valence-corrected chi connectivity index (χ2v) is 8.64. The Labute approximate surface area is 175 Å². The highest BCUT2D eigenvalue weighted by atomic mass is 16.5. The van der Waals surface area contributed by atoms with Crippen LogP contribution < -0.4 is 14.8 Å². The highest BCUT2D eigenvalue weighted by molar-refractivity contribution is 5.42. The van der Waals surface area contributed by atoms with E-state index in [9.17, 15) is 0 Å². The number of benzene rings is 2. The third-order valence-corrected chi connectivity index (χ3v) is 6.04. The molecule has 0 aromatic heterocycles. The molecule has 2 aromatic rings. The standard InChI is InChI=1S/C25H35NO3/c1-25(2)17-21(13-15-29-25)22(20-8-6-5-7-9-20)12-14-26-18-19-10-11-23(27-3)24(16-19)28-4/h5-11,16,21-22,26H,12-15,17-18H2,1-4H3/p+1/t21-,22-/m1/s1. The lowest BCUT2D eigenvalue weighted by atomic mass is 9.75. The van der Waals surface area contributed by atoms with E-state index in [1.54, 1.807) is 14.2 Å². The molecule has 1 aliphatic rings. The number of hydrogen-bond donors (Lipinski definition) is 1. The SMILES string of the molecule is COc1ccc(C[NH2+]CC[C@H](c2ccccc2)[C@@H]2CCOC(C)(C)C2)cc1OC. The number of ether oxygens (including phenoxy) is 3. The fraction of sp³-hybridized carbons (Fsp3) is 0.520. The van der Waals surface area contributed by atoms with E-state index in [0.29, 0.717) is 11.8 Å². The van der Waals surface area contributed by atoms with Gasteiger partial charge in [0.05, 0.1) is 26.4 Å². The maximum atomic E-state index is 5.98. The molecule has 0 spiro atoms.